The van der Waals surface area contributed by atoms with E-state index >= 15 is 0 Å². The van der Waals surface area contributed by atoms with Crippen LogP contribution in [0, 0.1) is 0 Å². The molecule has 0 fully saturated rings. The average molecular weight is 421 g/mol. The molecule has 0 spiro atoms. The van der Waals surface area contributed by atoms with Crippen LogP contribution in [0.3, 0.4) is 0 Å². The first kappa shape index (κ1) is 22.2. The fourth-order valence-electron chi connectivity index (χ4n) is 3.73. The minimum atomic E-state index is -4.62. The lowest BCUT2D eigenvalue weighted by atomic mass is 9.98. The Kier molecular flexibility index (Phi) is 6.13. The van der Waals surface area contributed by atoms with Crippen molar-refractivity contribution in [2.75, 3.05) is 6.61 Å². The number of carbonyl (C=O) groups is 1. The Hall–Kier alpha value is -2.54. The fourth-order valence-corrected chi connectivity index (χ4v) is 3.73. The lowest BCUT2D eigenvalue weighted by Crippen LogP contribution is -2.52. The predicted molar refractivity (Wildman–Crippen MR) is 108 cm³/mol. The zero-order chi connectivity index (χ0) is 22.1. The van der Waals surface area contributed by atoms with Gasteiger partial charge in [0.05, 0.1) is 11.6 Å². The molecule has 2 unspecified atom stereocenters. The number of ether oxygens (including phenoxy) is 2. The van der Waals surface area contributed by atoms with E-state index in [-0.39, 0.29) is 12.5 Å². The van der Waals surface area contributed by atoms with E-state index in [1.54, 1.807) is 0 Å². The molecule has 4 nitrogen and oxygen atoms in total. The number of alkyl halides is 3. The number of amides is 1. The van der Waals surface area contributed by atoms with E-state index in [1.165, 1.54) is 27.7 Å². The molecular formula is C23H26F3NO3. The Balaban J connectivity index is 1.67. The van der Waals surface area contributed by atoms with Crippen molar-refractivity contribution < 1.29 is 27.4 Å². The maximum Gasteiger partial charge on any atom is 0.416 e. The number of hydrogen-bond donors (Lipinski definition) is 1. The van der Waals surface area contributed by atoms with Crippen LogP contribution in [0.2, 0.25) is 0 Å². The summed E-state index contributed by atoms with van der Waals surface area (Å²) in [5.41, 5.74) is 3.20. The summed E-state index contributed by atoms with van der Waals surface area (Å²) in [7, 11) is 0. The number of carbonyl (C=O) groups excluding carboxylic acids is 1. The lowest BCUT2D eigenvalue weighted by molar-refractivity contribution is -0.251. The van der Waals surface area contributed by atoms with Gasteiger partial charge in [-0.2, -0.15) is 13.2 Å². The van der Waals surface area contributed by atoms with Crippen LogP contribution in [-0.4, -0.2) is 36.6 Å². The highest BCUT2D eigenvalue weighted by molar-refractivity contribution is 5.79. The largest absolute Gasteiger partial charge is 0.449 e. The zero-order valence-corrected chi connectivity index (χ0v) is 17.4. The van der Waals surface area contributed by atoms with Crippen molar-refractivity contribution in [1.29, 1.82) is 0 Å². The van der Waals surface area contributed by atoms with Gasteiger partial charge in [0.2, 0.25) is 0 Å². The molecule has 0 saturated carbocycles. The third-order valence-corrected chi connectivity index (χ3v) is 4.95. The van der Waals surface area contributed by atoms with Gasteiger partial charge in [-0.15, -0.1) is 0 Å². The molecule has 0 heterocycles. The van der Waals surface area contributed by atoms with Crippen molar-refractivity contribution in [3.8, 4) is 11.1 Å². The maximum atomic E-state index is 13.4. The van der Waals surface area contributed by atoms with Crippen molar-refractivity contribution in [3.63, 3.8) is 0 Å². The predicted octanol–water partition coefficient (Wildman–Crippen LogP) is 5.66. The summed E-state index contributed by atoms with van der Waals surface area (Å²) in [4.78, 5) is 12.3. The second kappa shape index (κ2) is 8.30. The van der Waals surface area contributed by atoms with Crippen LogP contribution in [0.25, 0.3) is 11.1 Å². The van der Waals surface area contributed by atoms with Crippen LogP contribution in [-0.2, 0) is 9.47 Å². The van der Waals surface area contributed by atoms with Gasteiger partial charge in [0.1, 0.15) is 6.61 Å². The Labute approximate surface area is 174 Å². The summed E-state index contributed by atoms with van der Waals surface area (Å²) in [5, 5.41) is 2.27. The first-order valence-corrected chi connectivity index (χ1v) is 9.83. The molecule has 3 rings (SSSR count). The SMILES string of the molecule is CC(NC(=O)OCC1c2ccccc2-c2ccccc21)C(OC(C)(C)C)C(F)(F)F. The summed E-state index contributed by atoms with van der Waals surface area (Å²) < 4.78 is 50.7. The van der Waals surface area contributed by atoms with Gasteiger partial charge < -0.3 is 14.8 Å². The maximum absolute atomic E-state index is 13.4. The van der Waals surface area contributed by atoms with E-state index in [1.807, 2.05) is 48.5 Å². The fraction of sp³-hybridized carbons (Fsp3) is 0.435. The van der Waals surface area contributed by atoms with Crippen molar-refractivity contribution in [3.05, 3.63) is 59.7 Å². The van der Waals surface area contributed by atoms with Crippen molar-refractivity contribution in [2.24, 2.45) is 0 Å². The molecular weight excluding hydrogens is 395 g/mol. The summed E-state index contributed by atoms with van der Waals surface area (Å²) in [6, 6.07) is 14.4. The highest BCUT2D eigenvalue weighted by atomic mass is 19.4. The smallest absolute Gasteiger partial charge is 0.416 e. The second-order valence-electron chi connectivity index (χ2n) is 8.45. The van der Waals surface area contributed by atoms with Gasteiger partial charge in [-0.1, -0.05) is 48.5 Å². The molecule has 1 aliphatic carbocycles. The van der Waals surface area contributed by atoms with Crippen LogP contribution in [0.4, 0.5) is 18.0 Å². The first-order chi connectivity index (χ1) is 14.0. The molecule has 0 aromatic heterocycles. The number of nitrogens with one attached hydrogen (secondary N) is 1. The summed E-state index contributed by atoms with van der Waals surface area (Å²) in [6.07, 6.45) is -7.67. The summed E-state index contributed by atoms with van der Waals surface area (Å²) >= 11 is 0. The molecule has 0 radical (unpaired) electrons. The number of rotatable bonds is 5. The Morgan fingerprint density at radius 1 is 1.00 bits per heavy atom. The first-order valence-electron chi connectivity index (χ1n) is 9.83. The number of alkyl carbamates (subject to hydrolysis) is 1. The van der Waals surface area contributed by atoms with Crippen LogP contribution in [0.5, 0.6) is 0 Å². The second-order valence-corrected chi connectivity index (χ2v) is 8.45. The van der Waals surface area contributed by atoms with Gasteiger partial charge in [-0.05, 0) is 49.9 Å². The van der Waals surface area contributed by atoms with E-state index < -0.39 is 30.0 Å². The molecule has 2 aromatic rings. The van der Waals surface area contributed by atoms with E-state index in [2.05, 4.69) is 5.32 Å². The van der Waals surface area contributed by atoms with E-state index in [0.29, 0.717) is 0 Å². The number of halogens is 3. The molecule has 1 amide bonds. The van der Waals surface area contributed by atoms with Gasteiger partial charge in [-0.25, -0.2) is 4.79 Å². The zero-order valence-electron chi connectivity index (χ0n) is 17.4. The quantitative estimate of drug-likeness (QED) is 0.678. The Bertz CT molecular complexity index is 860. The minimum Gasteiger partial charge on any atom is -0.449 e. The van der Waals surface area contributed by atoms with Crippen molar-refractivity contribution in [2.45, 2.75) is 57.5 Å². The molecule has 1 aliphatic rings. The Morgan fingerprint density at radius 3 is 1.97 bits per heavy atom. The van der Waals surface area contributed by atoms with Gasteiger partial charge >= 0.3 is 12.3 Å². The van der Waals surface area contributed by atoms with Crippen LogP contribution < -0.4 is 5.32 Å². The van der Waals surface area contributed by atoms with Crippen molar-refractivity contribution >= 4 is 6.09 Å². The van der Waals surface area contributed by atoms with Crippen LogP contribution >= 0.6 is 0 Å². The van der Waals surface area contributed by atoms with Gasteiger partial charge in [0, 0.05) is 5.92 Å². The van der Waals surface area contributed by atoms with Crippen molar-refractivity contribution in [1.82, 2.24) is 5.32 Å². The normalized spacial score (nSPS) is 15.8. The molecule has 0 bridgehead atoms. The monoisotopic (exact) mass is 421 g/mol. The van der Waals surface area contributed by atoms with E-state index in [9.17, 15) is 18.0 Å². The molecule has 162 valence electrons. The van der Waals surface area contributed by atoms with Crippen LogP contribution in [0.15, 0.2) is 48.5 Å². The molecule has 1 N–H and O–H groups in total. The number of hydrogen-bond acceptors (Lipinski definition) is 3. The third-order valence-electron chi connectivity index (χ3n) is 4.95. The number of benzene rings is 2. The average Bonchev–Trinajstić information content (AvgIpc) is 2.97. The van der Waals surface area contributed by atoms with Crippen LogP contribution in [0.1, 0.15) is 44.7 Å². The van der Waals surface area contributed by atoms with Gasteiger partial charge in [0.25, 0.3) is 0 Å². The molecule has 0 aliphatic heterocycles. The number of fused-ring (bicyclic) bond motifs is 3. The lowest BCUT2D eigenvalue weighted by Gasteiger charge is -2.33. The molecule has 2 aromatic carbocycles. The standard InChI is InChI=1S/C23H26F3NO3/c1-14(20(23(24,25)26)30-22(2,3)4)27-21(28)29-13-19-17-11-7-5-9-15(17)16-10-6-8-12-18(16)19/h5-12,14,19-20H,13H2,1-4H3,(H,27,28). The Morgan fingerprint density at radius 2 is 1.50 bits per heavy atom. The highest BCUT2D eigenvalue weighted by Gasteiger charge is 2.47. The van der Waals surface area contributed by atoms with E-state index in [0.717, 1.165) is 22.3 Å². The molecule has 2 atom stereocenters. The highest BCUT2D eigenvalue weighted by Crippen LogP contribution is 2.44. The minimum absolute atomic E-state index is 0.0311. The van der Waals surface area contributed by atoms with E-state index in [4.69, 9.17) is 9.47 Å². The van der Waals surface area contributed by atoms with Gasteiger partial charge in [-0.3, -0.25) is 0 Å². The summed E-state index contributed by atoms with van der Waals surface area (Å²) in [5.74, 6) is -0.164. The topological polar surface area (TPSA) is 47.6 Å². The molecule has 30 heavy (non-hydrogen) atoms. The molecule has 0 saturated heterocycles. The third kappa shape index (κ3) is 4.95. The molecule has 7 heteroatoms. The summed E-state index contributed by atoms with van der Waals surface area (Å²) in [6.45, 7) is 5.89. The van der Waals surface area contributed by atoms with Gasteiger partial charge in [0.15, 0.2) is 6.10 Å².